The summed E-state index contributed by atoms with van der Waals surface area (Å²) in [5.74, 6) is -2.08. The van der Waals surface area contributed by atoms with Crippen molar-refractivity contribution in [2.24, 2.45) is 5.73 Å². The van der Waals surface area contributed by atoms with Gasteiger partial charge in [-0.05, 0) is 55.0 Å². The van der Waals surface area contributed by atoms with Gasteiger partial charge in [-0.3, -0.25) is 9.59 Å². The van der Waals surface area contributed by atoms with Crippen molar-refractivity contribution >= 4 is 40.2 Å². The molecule has 1 heterocycles. The maximum absolute atomic E-state index is 12.4. The number of halogens is 2. The van der Waals surface area contributed by atoms with E-state index in [-0.39, 0.29) is 11.5 Å². The monoisotopic (exact) mass is 480 g/mol. The van der Waals surface area contributed by atoms with E-state index in [1.54, 1.807) is 0 Å². The summed E-state index contributed by atoms with van der Waals surface area (Å²) in [5, 5.41) is 2.97. The van der Waals surface area contributed by atoms with E-state index in [1.165, 1.54) is 42.7 Å². The first kappa shape index (κ1) is 24.2. The molecule has 1 aliphatic carbocycles. The van der Waals surface area contributed by atoms with E-state index in [9.17, 15) is 23.2 Å². The van der Waals surface area contributed by atoms with Gasteiger partial charge in [0, 0.05) is 11.0 Å². The van der Waals surface area contributed by atoms with Crippen molar-refractivity contribution in [3.8, 4) is 11.5 Å². The number of amides is 2. The Bertz CT molecular complexity index is 1080. The average molecular weight is 480 g/mol. The Morgan fingerprint density at radius 2 is 1.97 bits per heavy atom. The van der Waals surface area contributed by atoms with Gasteiger partial charge in [0.05, 0.1) is 12.7 Å². The highest BCUT2D eigenvalue weighted by atomic mass is 32.1. The molecule has 0 radical (unpaired) electrons. The smallest absolute Gasteiger partial charge is 0.387 e. The van der Waals surface area contributed by atoms with Gasteiger partial charge >= 0.3 is 12.6 Å². The Hall–Kier alpha value is -3.47. The lowest BCUT2D eigenvalue weighted by molar-refractivity contribution is -0.142. The zero-order chi connectivity index (χ0) is 24.0. The second-order valence-corrected chi connectivity index (χ2v) is 8.16. The van der Waals surface area contributed by atoms with Crippen molar-refractivity contribution in [3.63, 3.8) is 0 Å². The maximum Gasteiger partial charge on any atom is 0.387 e. The molecular weight excluding hydrogens is 458 g/mol. The number of fused-ring (bicyclic) bond motifs is 1. The van der Waals surface area contributed by atoms with E-state index in [4.69, 9.17) is 15.2 Å². The van der Waals surface area contributed by atoms with Crippen molar-refractivity contribution in [1.82, 2.24) is 0 Å². The molecule has 0 unspecified atom stereocenters. The number of primary amides is 1. The van der Waals surface area contributed by atoms with Crippen LogP contribution in [0.2, 0.25) is 0 Å². The van der Waals surface area contributed by atoms with Crippen LogP contribution in [0, 0.1) is 0 Å². The molecule has 1 aromatic heterocycles. The number of benzene rings is 1. The number of alkyl halides is 2. The minimum Gasteiger partial charge on any atom is -0.493 e. The third kappa shape index (κ3) is 6.28. The van der Waals surface area contributed by atoms with Crippen LogP contribution < -0.4 is 20.5 Å². The summed E-state index contributed by atoms with van der Waals surface area (Å²) >= 11 is 1.31. The van der Waals surface area contributed by atoms with Gasteiger partial charge in [0.2, 0.25) is 0 Å². The van der Waals surface area contributed by atoms with Crippen molar-refractivity contribution < 1.29 is 37.4 Å². The number of nitrogens with two attached hydrogens (primary N) is 1. The van der Waals surface area contributed by atoms with Crippen molar-refractivity contribution in [3.05, 3.63) is 45.8 Å². The summed E-state index contributed by atoms with van der Waals surface area (Å²) in [7, 11) is 1.29. The summed E-state index contributed by atoms with van der Waals surface area (Å²) in [6, 6.07) is 4.12. The predicted molar refractivity (Wildman–Crippen MR) is 118 cm³/mol. The molecule has 0 spiro atoms. The average Bonchev–Trinajstić information content (AvgIpc) is 3.14. The van der Waals surface area contributed by atoms with E-state index >= 15 is 0 Å². The van der Waals surface area contributed by atoms with Crippen LogP contribution in [0.25, 0.3) is 6.08 Å². The summed E-state index contributed by atoms with van der Waals surface area (Å²) in [6.45, 7) is -3.56. The van der Waals surface area contributed by atoms with Crippen LogP contribution >= 0.6 is 11.3 Å². The second-order valence-electron chi connectivity index (χ2n) is 7.06. The highest BCUT2D eigenvalue weighted by Crippen LogP contribution is 2.37. The normalized spacial score (nSPS) is 13.0. The number of rotatable bonds is 9. The van der Waals surface area contributed by atoms with Gasteiger partial charge in [-0.2, -0.15) is 8.78 Å². The highest BCUT2D eigenvalue weighted by molar-refractivity contribution is 7.17. The number of carbonyl (C=O) groups excluding carboxylic acids is 3. The molecular formula is C22H22F2N2O6S. The summed E-state index contributed by atoms with van der Waals surface area (Å²) in [4.78, 5) is 37.1. The first-order chi connectivity index (χ1) is 15.8. The number of carbonyl (C=O) groups is 3. The zero-order valence-corrected chi connectivity index (χ0v) is 18.5. The molecule has 11 heteroatoms. The summed E-state index contributed by atoms with van der Waals surface area (Å²) in [5.41, 5.74) is 7.17. The fraction of sp³-hybridized carbons (Fsp3) is 0.318. The van der Waals surface area contributed by atoms with Gasteiger partial charge in [-0.25, -0.2) is 4.79 Å². The molecule has 0 aliphatic heterocycles. The molecule has 2 amide bonds. The topological polar surface area (TPSA) is 117 Å². The van der Waals surface area contributed by atoms with Crippen molar-refractivity contribution in [2.45, 2.75) is 32.3 Å². The van der Waals surface area contributed by atoms with E-state index in [0.29, 0.717) is 16.1 Å². The minimum absolute atomic E-state index is 0.0640. The Balaban J connectivity index is 1.57. The van der Waals surface area contributed by atoms with E-state index < -0.39 is 31.0 Å². The maximum atomic E-state index is 12.4. The number of hydrogen-bond donors (Lipinski definition) is 2. The molecule has 0 bridgehead atoms. The molecule has 1 aromatic carbocycles. The zero-order valence-electron chi connectivity index (χ0n) is 17.7. The fourth-order valence-corrected chi connectivity index (χ4v) is 4.72. The number of esters is 1. The van der Waals surface area contributed by atoms with Gasteiger partial charge in [-0.1, -0.05) is 6.07 Å². The Labute approximate surface area is 192 Å². The molecule has 2 aromatic rings. The lowest BCUT2D eigenvalue weighted by atomic mass is 9.95. The third-order valence-electron chi connectivity index (χ3n) is 4.83. The van der Waals surface area contributed by atoms with Crippen LogP contribution in [0.5, 0.6) is 11.5 Å². The number of nitrogens with one attached hydrogen (secondary N) is 1. The van der Waals surface area contributed by atoms with Crippen molar-refractivity contribution in [1.29, 1.82) is 0 Å². The third-order valence-corrected chi connectivity index (χ3v) is 6.04. The quantitative estimate of drug-likeness (QED) is 0.419. The van der Waals surface area contributed by atoms with E-state index in [1.807, 2.05) is 0 Å². The van der Waals surface area contributed by atoms with E-state index in [0.717, 1.165) is 42.2 Å². The summed E-state index contributed by atoms with van der Waals surface area (Å²) in [6.07, 6.45) is 5.98. The number of ether oxygens (including phenoxy) is 3. The standard InChI is InChI=1S/C22H22F2N2O6S/c1-30-15-10-12(6-8-14(15)32-22(23)24)7-9-18(28)31-11-17(27)26-21-19(20(25)29)13-4-2-3-5-16(13)33-21/h6-10,22H,2-5,11H2,1H3,(H2,25,29)(H,26,27)/b9-7+. The molecule has 0 saturated heterocycles. The van der Waals surface area contributed by atoms with Gasteiger partial charge in [0.25, 0.3) is 11.8 Å². The SMILES string of the molecule is COc1cc(/C=C/C(=O)OCC(=O)Nc2sc3c(c2C(N)=O)CCCC3)ccc1OC(F)F. The number of aryl methyl sites for hydroxylation is 1. The lowest BCUT2D eigenvalue weighted by Crippen LogP contribution is -2.22. The first-order valence-corrected chi connectivity index (χ1v) is 10.8. The number of methoxy groups -OCH3 is 1. The number of thiophene rings is 1. The second kappa shape index (κ2) is 10.9. The van der Waals surface area contributed by atoms with Gasteiger partial charge < -0.3 is 25.3 Å². The number of hydrogen-bond acceptors (Lipinski definition) is 7. The Kier molecular flexibility index (Phi) is 7.99. The molecule has 33 heavy (non-hydrogen) atoms. The van der Waals surface area contributed by atoms with Crippen LogP contribution in [0.1, 0.15) is 39.2 Å². The molecule has 0 atom stereocenters. The molecule has 3 N–H and O–H groups in total. The number of anilines is 1. The molecule has 176 valence electrons. The first-order valence-electron chi connectivity index (χ1n) is 10.0. The molecule has 0 fully saturated rings. The van der Waals surface area contributed by atoms with Crippen LogP contribution in [0.3, 0.4) is 0 Å². The molecule has 8 nitrogen and oxygen atoms in total. The Morgan fingerprint density at radius 1 is 1.21 bits per heavy atom. The lowest BCUT2D eigenvalue weighted by Gasteiger charge is -2.11. The van der Waals surface area contributed by atoms with Gasteiger partial charge in [-0.15, -0.1) is 11.3 Å². The molecule has 1 aliphatic rings. The van der Waals surface area contributed by atoms with Gasteiger partial charge in [0.1, 0.15) is 5.00 Å². The van der Waals surface area contributed by atoms with Crippen LogP contribution in [0.4, 0.5) is 13.8 Å². The molecule has 3 rings (SSSR count). The van der Waals surface area contributed by atoms with Crippen LogP contribution in [-0.4, -0.2) is 38.1 Å². The van der Waals surface area contributed by atoms with Gasteiger partial charge in [0.15, 0.2) is 18.1 Å². The fourth-order valence-electron chi connectivity index (χ4n) is 3.41. The van der Waals surface area contributed by atoms with E-state index in [2.05, 4.69) is 10.1 Å². The van der Waals surface area contributed by atoms with Crippen LogP contribution in [-0.2, 0) is 27.2 Å². The summed E-state index contributed by atoms with van der Waals surface area (Å²) < 4.78 is 39.0. The highest BCUT2D eigenvalue weighted by Gasteiger charge is 2.25. The van der Waals surface area contributed by atoms with Crippen LogP contribution in [0.15, 0.2) is 24.3 Å². The molecule has 0 saturated carbocycles. The Morgan fingerprint density at radius 3 is 2.67 bits per heavy atom. The predicted octanol–water partition coefficient (Wildman–Crippen LogP) is 3.53. The van der Waals surface area contributed by atoms with Crippen molar-refractivity contribution in [2.75, 3.05) is 19.0 Å². The minimum atomic E-state index is -3.00. The largest absolute Gasteiger partial charge is 0.493 e.